The SMILES string of the molecule is CN1CCN(C)C(Cc2nc(N)cc(C(C)(C)C)n2)C1. The van der Waals surface area contributed by atoms with E-state index in [1.165, 1.54) is 0 Å². The van der Waals surface area contributed by atoms with E-state index < -0.39 is 0 Å². The highest BCUT2D eigenvalue weighted by atomic mass is 15.3. The van der Waals surface area contributed by atoms with E-state index in [2.05, 4.69) is 49.7 Å². The van der Waals surface area contributed by atoms with Gasteiger partial charge in [-0.25, -0.2) is 9.97 Å². The standard InChI is InChI=1S/C15H27N5/c1-15(2,3)12-9-13(16)18-14(17-12)8-11-10-19(4)6-7-20(11)5/h9,11H,6-8,10H2,1-5H3,(H2,16,17,18). The number of aromatic nitrogens is 2. The zero-order valence-electron chi connectivity index (χ0n) is 13.3. The molecular formula is C15H27N5. The highest BCUT2D eigenvalue weighted by Crippen LogP contribution is 2.22. The third-order valence-corrected chi connectivity index (χ3v) is 3.96. The minimum atomic E-state index is 0.00106. The largest absolute Gasteiger partial charge is 0.384 e. The molecule has 0 aromatic carbocycles. The Hall–Kier alpha value is -1.20. The fourth-order valence-electron chi connectivity index (χ4n) is 2.53. The summed E-state index contributed by atoms with van der Waals surface area (Å²) in [5, 5.41) is 0. The van der Waals surface area contributed by atoms with E-state index in [0.717, 1.165) is 37.6 Å². The first-order valence-corrected chi connectivity index (χ1v) is 7.28. The Balaban J connectivity index is 2.18. The van der Waals surface area contributed by atoms with Gasteiger partial charge in [0, 0.05) is 43.6 Å². The quantitative estimate of drug-likeness (QED) is 0.878. The van der Waals surface area contributed by atoms with Crippen LogP contribution < -0.4 is 5.73 Å². The zero-order chi connectivity index (χ0) is 14.9. The topological polar surface area (TPSA) is 58.3 Å². The van der Waals surface area contributed by atoms with Crippen molar-refractivity contribution < 1.29 is 0 Å². The smallest absolute Gasteiger partial charge is 0.132 e. The summed E-state index contributed by atoms with van der Waals surface area (Å²) < 4.78 is 0. The van der Waals surface area contributed by atoms with E-state index in [0.29, 0.717) is 11.9 Å². The second-order valence-corrected chi connectivity index (χ2v) is 6.95. The molecule has 2 N–H and O–H groups in total. The van der Waals surface area contributed by atoms with Crippen LogP contribution in [0.2, 0.25) is 0 Å². The number of nitrogens with two attached hydrogens (primary N) is 1. The van der Waals surface area contributed by atoms with Crippen molar-refractivity contribution in [3.05, 3.63) is 17.6 Å². The Kier molecular flexibility index (Phi) is 4.30. The molecule has 0 aliphatic carbocycles. The molecule has 0 saturated carbocycles. The highest BCUT2D eigenvalue weighted by Gasteiger charge is 2.24. The molecule has 20 heavy (non-hydrogen) atoms. The van der Waals surface area contributed by atoms with E-state index in [1.54, 1.807) is 0 Å². The van der Waals surface area contributed by atoms with Crippen molar-refractivity contribution in [1.82, 2.24) is 19.8 Å². The second-order valence-electron chi connectivity index (χ2n) is 6.95. The number of likely N-dealkylation sites (N-methyl/N-ethyl adjacent to an activating group) is 2. The number of nitrogens with zero attached hydrogens (tertiary/aromatic N) is 4. The van der Waals surface area contributed by atoms with E-state index in [-0.39, 0.29) is 5.41 Å². The summed E-state index contributed by atoms with van der Waals surface area (Å²) in [5.41, 5.74) is 6.97. The maximum Gasteiger partial charge on any atom is 0.132 e. The van der Waals surface area contributed by atoms with Gasteiger partial charge in [-0.2, -0.15) is 0 Å². The summed E-state index contributed by atoms with van der Waals surface area (Å²) >= 11 is 0. The van der Waals surface area contributed by atoms with Crippen LogP contribution in [0.25, 0.3) is 0 Å². The molecule has 5 heteroatoms. The third-order valence-electron chi connectivity index (χ3n) is 3.96. The summed E-state index contributed by atoms with van der Waals surface area (Å²) in [6.07, 6.45) is 0.856. The predicted octanol–water partition coefficient (Wildman–Crippen LogP) is 1.14. The first-order valence-electron chi connectivity index (χ1n) is 7.28. The Morgan fingerprint density at radius 2 is 1.95 bits per heavy atom. The molecule has 1 saturated heterocycles. The van der Waals surface area contributed by atoms with Crippen molar-refractivity contribution in [2.75, 3.05) is 39.5 Å². The lowest BCUT2D eigenvalue weighted by Crippen LogP contribution is -2.51. The highest BCUT2D eigenvalue weighted by molar-refractivity contribution is 5.32. The molecule has 1 atom stereocenters. The lowest BCUT2D eigenvalue weighted by molar-refractivity contribution is 0.113. The van der Waals surface area contributed by atoms with Gasteiger partial charge in [-0.3, -0.25) is 0 Å². The number of hydrogen-bond acceptors (Lipinski definition) is 5. The van der Waals surface area contributed by atoms with Gasteiger partial charge in [0.1, 0.15) is 11.6 Å². The molecule has 1 fully saturated rings. The number of hydrogen-bond donors (Lipinski definition) is 1. The van der Waals surface area contributed by atoms with Gasteiger partial charge in [0.15, 0.2) is 0 Å². The number of piperazine rings is 1. The normalized spacial score (nSPS) is 22.1. The van der Waals surface area contributed by atoms with Crippen LogP contribution >= 0.6 is 0 Å². The Morgan fingerprint density at radius 3 is 2.60 bits per heavy atom. The molecule has 0 radical (unpaired) electrons. The summed E-state index contributed by atoms with van der Waals surface area (Å²) in [6.45, 7) is 9.73. The molecule has 1 aliphatic heterocycles. The molecule has 112 valence electrons. The van der Waals surface area contributed by atoms with E-state index in [4.69, 9.17) is 10.7 Å². The first kappa shape index (κ1) is 15.2. The average molecular weight is 277 g/mol. The Morgan fingerprint density at radius 1 is 1.25 bits per heavy atom. The minimum Gasteiger partial charge on any atom is -0.384 e. The maximum absolute atomic E-state index is 5.95. The predicted molar refractivity (Wildman–Crippen MR) is 82.8 cm³/mol. The van der Waals surface area contributed by atoms with Crippen molar-refractivity contribution in [2.45, 2.75) is 38.6 Å². The van der Waals surface area contributed by atoms with Crippen LogP contribution in [0.4, 0.5) is 5.82 Å². The second kappa shape index (κ2) is 5.66. The van der Waals surface area contributed by atoms with Crippen molar-refractivity contribution in [2.24, 2.45) is 0 Å². The first-order chi connectivity index (χ1) is 9.25. The van der Waals surface area contributed by atoms with E-state index >= 15 is 0 Å². The molecule has 2 heterocycles. The van der Waals surface area contributed by atoms with Crippen LogP contribution in [-0.4, -0.2) is 59.5 Å². The number of rotatable bonds is 2. The lowest BCUT2D eigenvalue weighted by atomic mass is 9.92. The van der Waals surface area contributed by atoms with Gasteiger partial charge in [-0.15, -0.1) is 0 Å². The molecule has 1 unspecified atom stereocenters. The molecular weight excluding hydrogens is 250 g/mol. The monoisotopic (exact) mass is 277 g/mol. The van der Waals surface area contributed by atoms with Crippen LogP contribution in [0.3, 0.4) is 0 Å². The van der Waals surface area contributed by atoms with Crippen molar-refractivity contribution in [3.8, 4) is 0 Å². The Labute approximate surface area is 122 Å². The fourth-order valence-corrected chi connectivity index (χ4v) is 2.53. The summed E-state index contributed by atoms with van der Waals surface area (Å²) in [6, 6.07) is 2.35. The summed E-state index contributed by atoms with van der Waals surface area (Å²) in [4.78, 5) is 13.9. The van der Waals surface area contributed by atoms with Crippen LogP contribution in [-0.2, 0) is 11.8 Å². The molecule has 0 spiro atoms. The molecule has 1 aromatic heterocycles. The van der Waals surface area contributed by atoms with Gasteiger partial charge in [-0.05, 0) is 14.1 Å². The third kappa shape index (κ3) is 3.67. The molecule has 1 aromatic rings. The van der Waals surface area contributed by atoms with Crippen LogP contribution in [0.1, 0.15) is 32.3 Å². The van der Waals surface area contributed by atoms with Gasteiger partial charge in [-0.1, -0.05) is 20.8 Å². The van der Waals surface area contributed by atoms with Crippen LogP contribution in [0.5, 0.6) is 0 Å². The van der Waals surface area contributed by atoms with Gasteiger partial charge in [0.2, 0.25) is 0 Å². The van der Waals surface area contributed by atoms with Crippen LogP contribution in [0.15, 0.2) is 6.07 Å². The molecule has 1 aliphatic rings. The number of nitrogen functional groups attached to an aromatic ring is 1. The van der Waals surface area contributed by atoms with Crippen LogP contribution in [0, 0.1) is 0 Å². The molecule has 5 nitrogen and oxygen atoms in total. The molecule has 2 rings (SSSR count). The van der Waals surface area contributed by atoms with Crippen molar-refractivity contribution in [1.29, 1.82) is 0 Å². The van der Waals surface area contributed by atoms with Crippen molar-refractivity contribution in [3.63, 3.8) is 0 Å². The summed E-state index contributed by atoms with van der Waals surface area (Å²) in [5.74, 6) is 1.44. The maximum atomic E-state index is 5.95. The lowest BCUT2D eigenvalue weighted by Gasteiger charge is -2.37. The average Bonchev–Trinajstić information content (AvgIpc) is 2.32. The van der Waals surface area contributed by atoms with E-state index in [1.807, 2.05) is 6.07 Å². The van der Waals surface area contributed by atoms with E-state index in [9.17, 15) is 0 Å². The molecule has 0 bridgehead atoms. The summed E-state index contributed by atoms with van der Waals surface area (Å²) in [7, 11) is 4.34. The molecule has 0 amide bonds. The van der Waals surface area contributed by atoms with Gasteiger partial charge in [0.25, 0.3) is 0 Å². The van der Waals surface area contributed by atoms with Gasteiger partial charge in [0.05, 0.1) is 5.69 Å². The van der Waals surface area contributed by atoms with Gasteiger partial charge >= 0.3 is 0 Å². The fraction of sp³-hybridized carbons (Fsp3) is 0.733. The Bertz CT molecular complexity index is 466. The zero-order valence-corrected chi connectivity index (χ0v) is 13.3. The van der Waals surface area contributed by atoms with Gasteiger partial charge < -0.3 is 15.5 Å². The number of anilines is 1. The minimum absolute atomic E-state index is 0.00106. The van der Waals surface area contributed by atoms with Crippen molar-refractivity contribution >= 4 is 5.82 Å².